The Morgan fingerprint density at radius 1 is 1.31 bits per heavy atom. The molecule has 74 valence electrons. The first-order valence-electron chi connectivity index (χ1n) is 5.46. The molecule has 13 heavy (non-hydrogen) atoms. The zero-order valence-electron chi connectivity index (χ0n) is 8.13. The number of carbonyl (C=O) groups is 1. The van der Waals surface area contributed by atoms with Crippen molar-refractivity contribution in [3.8, 4) is 0 Å². The van der Waals surface area contributed by atoms with E-state index in [1.807, 2.05) is 0 Å². The van der Waals surface area contributed by atoms with Crippen molar-refractivity contribution in [1.82, 2.24) is 0 Å². The minimum absolute atomic E-state index is 0.375. The Morgan fingerprint density at radius 2 is 2.23 bits per heavy atom. The second kappa shape index (κ2) is 4.23. The van der Waals surface area contributed by atoms with E-state index in [-0.39, 0.29) is 0 Å². The van der Waals surface area contributed by atoms with E-state index in [0.717, 1.165) is 38.9 Å². The lowest BCUT2D eigenvalue weighted by atomic mass is 9.81. The second-order valence-electron chi connectivity index (χ2n) is 4.37. The molecule has 2 heteroatoms. The fourth-order valence-corrected chi connectivity index (χ4v) is 2.48. The summed E-state index contributed by atoms with van der Waals surface area (Å²) in [7, 11) is 0. The number of ketones is 1. The molecule has 2 atom stereocenters. The Kier molecular flexibility index (Phi) is 2.99. The molecule has 0 spiro atoms. The van der Waals surface area contributed by atoms with Crippen molar-refractivity contribution in [1.29, 1.82) is 0 Å². The number of ether oxygens (including phenoxy) is 1. The summed E-state index contributed by atoms with van der Waals surface area (Å²) in [4.78, 5) is 11.5. The molecule has 2 rings (SSSR count). The highest BCUT2D eigenvalue weighted by atomic mass is 16.5. The third kappa shape index (κ3) is 2.31. The van der Waals surface area contributed by atoms with Gasteiger partial charge in [-0.1, -0.05) is 6.42 Å². The summed E-state index contributed by atoms with van der Waals surface area (Å²) in [6.07, 6.45) is 6.61. The molecular formula is C11H18O2. The molecular weight excluding hydrogens is 164 g/mol. The van der Waals surface area contributed by atoms with Crippen LogP contribution in [0, 0.1) is 11.8 Å². The lowest BCUT2D eigenvalue weighted by Gasteiger charge is -2.22. The smallest absolute Gasteiger partial charge is 0.135 e. The Labute approximate surface area is 79.7 Å². The van der Waals surface area contributed by atoms with E-state index in [0.29, 0.717) is 17.6 Å². The molecule has 2 nitrogen and oxygen atoms in total. The van der Waals surface area contributed by atoms with Gasteiger partial charge in [-0.2, -0.15) is 0 Å². The third-order valence-corrected chi connectivity index (χ3v) is 3.32. The van der Waals surface area contributed by atoms with E-state index < -0.39 is 0 Å². The molecule has 1 aliphatic carbocycles. The van der Waals surface area contributed by atoms with Gasteiger partial charge in [-0.15, -0.1) is 0 Å². The number of hydrogen-bond donors (Lipinski definition) is 0. The summed E-state index contributed by atoms with van der Waals surface area (Å²) in [6.45, 7) is 1.80. The molecule has 0 aromatic heterocycles. The zero-order chi connectivity index (χ0) is 9.10. The zero-order valence-corrected chi connectivity index (χ0v) is 8.13. The monoisotopic (exact) mass is 182 g/mol. The summed E-state index contributed by atoms with van der Waals surface area (Å²) < 4.78 is 5.32. The highest BCUT2D eigenvalue weighted by Gasteiger charge is 2.27. The van der Waals surface area contributed by atoms with Crippen LogP contribution < -0.4 is 0 Å². The van der Waals surface area contributed by atoms with Crippen molar-refractivity contribution in [2.75, 3.05) is 13.2 Å². The summed E-state index contributed by atoms with van der Waals surface area (Å²) >= 11 is 0. The largest absolute Gasteiger partial charge is 0.381 e. The molecule has 0 aromatic rings. The van der Waals surface area contributed by atoms with Crippen LogP contribution in [-0.2, 0) is 9.53 Å². The normalized spacial score (nSPS) is 35.2. The predicted octanol–water partition coefficient (Wildman–Crippen LogP) is 2.17. The van der Waals surface area contributed by atoms with Crippen LogP contribution in [0.3, 0.4) is 0 Å². The maximum absolute atomic E-state index is 11.5. The highest BCUT2D eigenvalue weighted by molar-refractivity contribution is 5.81. The molecule has 1 saturated heterocycles. The summed E-state index contributed by atoms with van der Waals surface area (Å²) in [5.41, 5.74) is 0. The molecule has 2 unspecified atom stereocenters. The molecule has 0 aromatic carbocycles. The van der Waals surface area contributed by atoms with Gasteiger partial charge in [-0.3, -0.25) is 4.79 Å². The summed E-state index contributed by atoms with van der Waals surface area (Å²) in [6, 6.07) is 0. The first-order chi connectivity index (χ1) is 6.36. The Hall–Kier alpha value is -0.370. The van der Waals surface area contributed by atoms with Gasteiger partial charge in [0.15, 0.2) is 0 Å². The van der Waals surface area contributed by atoms with Gasteiger partial charge in [-0.25, -0.2) is 0 Å². The SMILES string of the molecule is O=C1CCCCC1CC1CCOC1. The van der Waals surface area contributed by atoms with E-state index in [1.165, 1.54) is 12.8 Å². The standard InChI is InChI=1S/C11H18O2/c12-11-4-2-1-3-10(11)7-9-5-6-13-8-9/h9-10H,1-8H2. The molecule has 2 fully saturated rings. The van der Waals surface area contributed by atoms with Gasteiger partial charge in [0.05, 0.1) is 0 Å². The minimum Gasteiger partial charge on any atom is -0.381 e. The fourth-order valence-electron chi connectivity index (χ4n) is 2.48. The van der Waals surface area contributed by atoms with Crippen LogP contribution in [0.15, 0.2) is 0 Å². The van der Waals surface area contributed by atoms with Crippen LogP contribution in [-0.4, -0.2) is 19.0 Å². The lowest BCUT2D eigenvalue weighted by molar-refractivity contribution is -0.125. The van der Waals surface area contributed by atoms with Crippen LogP contribution in [0.4, 0.5) is 0 Å². The Morgan fingerprint density at radius 3 is 2.92 bits per heavy atom. The summed E-state index contributed by atoms with van der Waals surface area (Å²) in [5.74, 6) is 1.56. The number of rotatable bonds is 2. The fraction of sp³-hybridized carbons (Fsp3) is 0.909. The van der Waals surface area contributed by atoms with Gasteiger partial charge < -0.3 is 4.74 Å². The number of carbonyl (C=O) groups excluding carboxylic acids is 1. The molecule has 2 aliphatic rings. The maximum Gasteiger partial charge on any atom is 0.135 e. The van der Waals surface area contributed by atoms with Crippen molar-refractivity contribution < 1.29 is 9.53 Å². The topological polar surface area (TPSA) is 26.3 Å². The average Bonchev–Trinajstić information content (AvgIpc) is 2.61. The van der Waals surface area contributed by atoms with Crippen molar-refractivity contribution in [2.24, 2.45) is 11.8 Å². The third-order valence-electron chi connectivity index (χ3n) is 3.32. The van der Waals surface area contributed by atoms with Crippen LogP contribution in [0.1, 0.15) is 38.5 Å². The molecule has 0 bridgehead atoms. The summed E-state index contributed by atoms with van der Waals surface area (Å²) in [5, 5.41) is 0. The van der Waals surface area contributed by atoms with Crippen LogP contribution >= 0.6 is 0 Å². The molecule has 1 aliphatic heterocycles. The first-order valence-corrected chi connectivity index (χ1v) is 5.46. The van der Waals surface area contributed by atoms with Crippen molar-refractivity contribution >= 4 is 5.78 Å². The van der Waals surface area contributed by atoms with E-state index in [9.17, 15) is 4.79 Å². The predicted molar refractivity (Wildman–Crippen MR) is 50.5 cm³/mol. The molecule has 1 heterocycles. The Bertz CT molecular complexity index is 183. The van der Waals surface area contributed by atoms with Crippen molar-refractivity contribution in [3.63, 3.8) is 0 Å². The second-order valence-corrected chi connectivity index (χ2v) is 4.37. The van der Waals surface area contributed by atoms with Gasteiger partial charge in [-0.05, 0) is 31.6 Å². The van der Waals surface area contributed by atoms with Gasteiger partial charge in [0.25, 0.3) is 0 Å². The van der Waals surface area contributed by atoms with Gasteiger partial charge in [0, 0.05) is 25.6 Å². The Balaban J connectivity index is 1.81. The molecule has 1 saturated carbocycles. The van der Waals surface area contributed by atoms with Crippen LogP contribution in [0.25, 0.3) is 0 Å². The highest BCUT2D eigenvalue weighted by Crippen LogP contribution is 2.29. The van der Waals surface area contributed by atoms with Crippen LogP contribution in [0.5, 0.6) is 0 Å². The molecule has 0 N–H and O–H groups in total. The quantitative estimate of drug-likeness (QED) is 0.654. The first kappa shape index (κ1) is 9.20. The minimum atomic E-state index is 0.375. The van der Waals surface area contributed by atoms with Gasteiger partial charge in [0.2, 0.25) is 0 Å². The molecule has 0 amide bonds. The average molecular weight is 182 g/mol. The van der Waals surface area contributed by atoms with Gasteiger partial charge in [0.1, 0.15) is 5.78 Å². The van der Waals surface area contributed by atoms with E-state index in [2.05, 4.69) is 0 Å². The number of hydrogen-bond acceptors (Lipinski definition) is 2. The van der Waals surface area contributed by atoms with Crippen molar-refractivity contribution in [2.45, 2.75) is 38.5 Å². The van der Waals surface area contributed by atoms with E-state index >= 15 is 0 Å². The maximum atomic E-state index is 11.5. The van der Waals surface area contributed by atoms with Crippen LogP contribution in [0.2, 0.25) is 0 Å². The number of Topliss-reactive ketones (excluding diaryl/α,β-unsaturated/α-hetero) is 1. The lowest BCUT2D eigenvalue weighted by Crippen LogP contribution is -2.22. The van der Waals surface area contributed by atoms with E-state index in [1.54, 1.807) is 0 Å². The van der Waals surface area contributed by atoms with Crippen molar-refractivity contribution in [3.05, 3.63) is 0 Å². The molecule has 0 radical (unpaired) electrons. The van der Waals surface area contributed by atoms with E-state index in [4.69, 9.17) is 4.74 Å². The van der Waals surface area contributed by atoms with Gasteiger partial charge >= 0.3 is 0 Å².